The van der Waals surface area contributed by atoms with Crippen molar-refractivity contribution in [3.63, 3.8) is 0 Å². The van der Waals surface area contributed by atoms with Gasteiger partial charge in [-0.2, -0.15) is 0 Å². The molecule has 4 aliphatic rings. The summed E-state index contributed by atoms with van der Waals surface area (Å²) in [5, 5.41) is 31.2. The van der Waals surface area contributed by atoms with E-state index < -0.39 is 18.3 Å². The van der Waals surface area contributed by atoms with Gasteiger partial charge in [0.05, 0.1) is 24.9 Å². The second-order valence-electron chi connectivity index (χ2n) is 12.2. The van der Waals surface area contributed by atoms with Crippen LogP contribution in [0.5, 0.6) is 0 Å². The van der Waals surface area contributed by atoms with Crippen LogP contribution < -0.4 is 0 Å². The smallest absolute Gasteiger partial charge is 0.330 e. The lowest BCUT2D eigenvalue weighted by Gasteiger charge is -2.44. The van der Waals surface area contributed by atoms with Crippen LogP contribution in [0.15, 0.2) is 59.8 Å². The van der Waals surface area contributed by atoms with Crippen molar-refractivity contribution in [1.29, 1.82) is 0 Å². The quantitative estimate of drug-likeness (QED) is 0.225. The molecule has 0 saturated heterocycles. The molecule has 5 heteroatoms. The predicted molar refractivity (Wildman–Crippen MR) is 146 cm³/mol. The molecule has 0 spiro atoms. The van der Waals surface area contributed by atoms with Crippen LogP contribution in [0.25, 0.3) is 0 Å². The maximum absolute atomic E-state index is 11.7. The maximum atomic E-state index is 11.7. The molecule has 0 radical (unpaired) electrons. The zero-order chi connectivity index (χ0) is 26.8. The van der Waals surface area contributed by atoms with Crippen LogP contribution in [-0.4, -0.2) is 46.2 Å². The van der Waals surface area contributed by atoms with E-state index in [2.05, 4.69) is 38.7 Å². The van der Waals surface area contributed by atoms with E-state index in [0.717, 1.165) is 30.4 Å². The van der Waals surface area contributed by atoms with Crippen molar-refractivity contribution in [3.8, 4) is 0 Å². The number of allylic oxidation sites excluding steroid dienone is 4. The Morgan fingerprint density at radius 2 is 1.95 bits per heavy atom. The van der Waals surface area contributed by atoms with Crippen molar-refractivity contribution in [2.75, 3.05) is 6.61 Å². The Labute approximate surface area is 222 Å². The minimum atomic E-state index is -0.653. The number of fused-ring (bicyclic) bond motifs is 1. The Morgan fingerprint density at radius 3 is 2.65 bits per heavy atom. The van der Waals surface area contributed by atoms with Crippen molar-refractivity contribution in [1.82, 2.24) is 0 Å². The molecule has 0 aromatic rings. The molecule has 0 amide bonds. The van der Waals surface area contributed by atoms with Gasteiger partial charge in [-0.15, -0.1) is 0 Å². The summed E-state index contributed by atoms with van der Waals surface area (Å²) in [6.07, 6.45) is 18.6. The summed E-state index contributed by atoms with van der Waals surface area (Å²) in [5.41, 5.74) is 3.10. The molecule has 0 aromatic heterocycles. The van der Waals surface area contributed by atoms with Gasteiger partial charge in [0.25, 0.3) is 0 Å². The Hall–Kier alpha value is -1.95. The van der Waals surface area contributed by atoms with E-state index in [1.807, 2.05) is 12.2 Å². The van der Waals surface area contributed by atoms with Crippen molar-refractivity contribution in [3.05, 3.63) is 59.8 Å². The maximum Gasteiger partial charge on any atom is 0.330 e. The summed E-state index contributed by atoms with van der Waals surface area (Å²) < 4.78 is 4.99. The number of aliphatic hydroxyl groups excluding tert-OH is 3. The number of carbonyl (C=O) groups is 1. The van der Waals surface area contributed by atoms with Gasteiger partial charge in [-0.25, -0.2) is 4.79 Å². The minimum Gasteiger partial charge on any atom is -0.463 e. The lowest BCUT2D eigenvalue weighted by Crippen LogP contribution is -2.35. The van der Waals surface area contributed by atoms with Crippen molar-refractivity contribution < 1.29 is 24.9 Å². The summed E-state index contributed by atoms with van der Waals surface area (Å²) in [7, 11) is 0. The Morgan fingerprint density at radius 1 is 1.19 bits per heavy atom. The number of rotatable bonds is 8. The number of carbonyl (C=O) groups excluding carboxylic acids is 1. The molecule has 0 aliphatic heterocycles. The highest BCUT2D eigenvalue weighted by atomic mass is 16.5. The second-order valence-corrected chi connectivity index (χ2v) is 12.2. The first-order valence-corrected chi connectivity index (χ1v) is 14.3. The van der Waals surface area contributed by atoms with Crippen LogP contribution in [0.4, 0.5) is 0 Å². The van der Waals surface area contributed by atoms with Gasteiger partial charge >= 0.3 is 5.97 Å². The third-order valence-corrected chi connectivity index (χ3v) is 9.79. The highest BCUT2D eigenvalue weighted by Crippen LogP contribution is 2.59. The van der Waals surface area contributed by atoms with Crippen LogP contribution in [0.2, 0.25) is 0 Å². The average Bonchev–Trinajstić information content (AvgIpc) is 3.57. The molecular formula is C32H46O5. The molecule has 5 nitrogen and oxygen atoms in total. The molecule has 0 heterocycles. The molecule has 0 aromatic carbocycles. The van der Waals surface area contributed by atoms with Gasteiger partial charge in [-0.1, -0.05) is 56.4 Å². The zero-order valence-electron chi connectivity index (χ0n) is 22.9. The highest BCUT2D eigenvalue weighted by Gasteiger charge is 2.50. The number of hydrogen-bond acceptors (Lipinski definition) is 5. The number of esters is 1. The van der Waals surface area contributed by atoms with Gasteiger partial charge in [0, 0.05) is 17.9 Å². The van der Waals surface area contributed by atoms with Gasteiger partial charge in [0.15, 0.2) is 0 Å². The van der Waals surface area contributed by atoms with E-state index >= 15 is 0 Å². The minimum absolute atomic E-state index is 0.223. The number of hydrogen-bond donors (Lipinski definition) is 3. The van der Waals surface area contributed by atoms with Crippen LogP contribution in [-0.2, 0) is 9.53 Å². The Bertz CT molecular complexity index is 983. The lowest BCUT2D eigenvalue weighted by atomic mass is 9.61. The molecule has 0 unspecified atom stereocenters. The molecule has 7 atom stereocenters. The summed E-state index contributed by atoms with van der Waals surface area (Å²) in [6, 6.07) is 0. The largest absolute Gasteiger partial charge is 0.463 e. The van der Waals surface area contributed by atoms with Gasteiger partial charge in [0.1, 0.15) is 0 Å². The third kappa shape index (κ3) is 6.05. The van der Waals surface area contributed by atoms with Crippen LogP contribution >= 0.6 is 0 Å². The monoisotopic (exact) mass is 510 g/mol. The Kier molecular flexibility index (Phi) is 8.67. The van der Waals surface area contributed by atoms with Gasteiger partial charge < -0.3 is 20.1 Å². The van der Waals surface area contributed by atoms with Crippen molar-refractivity contribution in [2.45, 2.75) is 96.9 Å². The molecule has 37 heavy (non-hydrogen) atoms. The summed E-state index contributed by atoms with van der Waals surface area (Å²) in [4.78, 5) is 11.7. The van der Waals surface area contributed by atoms with Gasteiger partial charge in [0.2, 0.25) is 0 Å². The van der Waals surface area contributed by atoms with Crippen LogP contribution in [0.1, 0.15) is 78.6 Å². The Balaban J connectivity index is 1.43. The first-order chi connectivity index (χ1) is 17.6. The molecule has 4 aliphatic carbocycles. The van der Waals surface area contributed by atoms with E-state index in [1.54, 1.807) is 6.92 Å². The van der Waals surface area contributed by atoms with E-state index in [0.29, 0.717) is 37.2 Å². The van der Waals surface area contributed by atoms with Gasteiger partial charge in [-0.05, 0) is 92.6 Å². The standard InChI is InChI=1S/C32H46O5/c1-5-37-30(36)14-16-32(17-18-32)29(35)13-8-21(2)26-11-12-27-23(7-6-15-31(26,27)4)9-10-24-19-25(33)20-28(34)22(24)3/h8-10,13-14,16,21,25-29,33-35H,3,5-7,11-12,15,17-20H2,1-2,4H3/b13-8?,16-14+,23-9+,24-10-/t21-,25-,26-,27+,28+,29-,31-/m1/s1. The molecule has 4 saturated carbocycles. The van der Waals surface area contributed by atoms with E-state index in [9.17, 15) is 20.1 Å². The first kappa shape index (κ1) is 28.1. The SMILES string of the molecule is C=C1/C(=C\C=C2/CCC[C@]3(C)[C@@H]([C@H](C)C=C[C@@H](O)C4(/C=C/C(=O)OCC)CC4)CC[C@@H]23)C[C@@H](O)C[C@@H]1O. The van der Waals surface area contributed by atoms with E-state index in [1.165, 1.54) is 37.3 Å². The summed E-state index contributed by atoms with van der Waals surface area (Å²) in [6.45, 7) is 10.9. The average molecular weight is 511 g/mol. The van der Waals surface area contributed by atoms with Crippen molar-refractivity contribution in [2.24, 2.45) is 28.6 Å². The second kappa shape index (κ2) is 11.4. The van der Waals surface area contributed by atoms with E-state index in [-0.39, 0.29) is 16.8 Å². The molecular weight excluding hydrogens is 464 g/mol. The fourth-order valence-electron chi connectivity index (χ4n) is 7.34. The number of aliphatic hydroxyl groups is 3. The normalized spacial score (nSPS) is 37.3. The molecule has 204 valence electrons. The highest BCUT2D eigenvalue weighted by molar-refractivity contribution is 5.82. The van der Waals surface area contributed by atoms with E-state index in [4.69, 9.17) is 4.74 Å². The predicted octanol–water partition coefficient (Wildman–Crippen LogP) is 5.58. The van der Waals surface area contributed by atoms with Gasteiger partial charge in [-0.3, -0.25) is 0 Å². The summed E-state index contributed by atoms with van der Waals surface area (Å²) in [5.74, 6) is 1.10. The molecule has 3 N–H and O–H groups in total. The lowest BCUT2D eigenvalue weighted by molar-refractivity contribution is -0.137. The first-order valence-electron chi connectivity index (χ1n) is 14.3. The summed E-state index contributed by atoms with van der Waals surface area (Å²) >= 11 is 0. The molecule has 4 rings (SSSR count). The number of ether oxygens (including phenoxy) is 1. The topological polar surface area (TPSA) is 87.0 Å². The third-order valence-electron chi connectivity index (χ3n) is 9.79. The fourth-order valence-corrected chi connectivity index (χ4v) is 7.34. The molecule has 4 fully saturated rings. The van der Waals surface area contributed by atoms with Crippen molar-refractivity contribution >= 4 is 5.97 Å². The van der Waals surface area contributed by atoms with Crippen LogP contribution in [0, 0.1) is 28.6 Å². The van der Waals surface area contributed by atoms with Crippen LogP contribution in [0.3, 0.4) is 0 Å². The molecule has 0 bridgehead atoms. The zero-order valence-corrected chi connectivity index (χ0v) is 22.9. The fraction of sp³-hybridized carbons (Fsp3) is 0.656.